The molecular weight excluding hydrogens is 282 g/mol. The number of benzene rings is 1. The van der Waals surface area contributed by atoms with Crippen LogP contribution in [0.5, 0.6) is 0 Å². The molecule has 128 valence electrons. The van der Waals surface area contributed by atoms with Gasteiger partial charge in [-0.05, 0) is 79.4 Å². The monoisotopic (exact) mass is 315 g/mol. The normalized spacial score (nSPS) is 27.4. The lowest BCUT2D eigenvalue weighted by Crippen LogP contribution is -2.20. The first-order valence-electron chi connectivity index (χ1n) is 9.57. The number of hydrogen-bond acceptors (Lipinski definition) is 2. The highest BCUT2D eigenvalue weighted by molar-refractivity contribution is 5.36. The maximum absolute atomic E-state index is 6.08. The lowest BCUT2D eigenvalue weighted by Gasteiger charge is -2.26. The highest BCUT2D eigenvalue weighted by Crippen LogP contribution is 2.36. The number of fused-ring (bicyclic) bond motifs is 1. The Morgan fingerprint density at radius 1 is 1.17 bits per heavy atom. The van der Waals surface area contributed by atoms with E-state index in [9.17, 15) is 0 Å². The van der Waals surface area contributed by atoms with Gasteiger partial charge in [-0.1, -0.05) is 32.0 Å². The summed E-state index contributed by atoms with van der Waals surface area (Å²) in [5, 5.41) is 0. The maximum Gasteiger partial charge on any atom is 0.0497 e. The molecule has 0 amide bonds. The van der Waals surface area contributed by atoms with Crippen LogP contribution in [-0.2, 0) is 17.6 Å². The van der Waals surface area contributed by atoms with E-state index in [1.165, 1.54) is 50.5 Å². The van der Waals surface area contributed by atoms with Crippen molar-refractivity contribution in [3.8, 4) is 0 Å². The molecule has 0 saturated heterocycles. The lowest BCUT2D eigenvalue weighted by atomic mass is 9.82. The third-order valence-corrected chi connectivity index (χ3v) is 5.70. The molecule has 3 atom stereocenters. The summed E-state index contributed by atoms with van der Waals surface area (Å²) < 4.78 is 5.90. The van der Waals surface area contributed by atoms with E-state index in [0.717, 1.165) is 19.1 Å². The van der Waals surface area contributed by atoms with Crippen LogP contribution in [0.15, 0.2) is 18.2 Å². The molecule has 1 aromatic carbocycles. The van der Waals surface area contributed by atoms with E-state index in [0.29, 0.717) is 17.9 Å². The molecule has 2 aliphatic carbocycles. The van der Waals surface area contributed by atoms with Gasteiger partial charge >= 0.3 is 0 Å². The van der Waals surface area contributed by atoms with Gasteiger partial charge in [-0.2, -0.15) is 0 Å². The van der Waals surface area contributed by atoms with E-state index < -0.39 is 0 Å². The standard InChI is InChI=1S/C21H33NO/c1-15(2)9-10-23-14-16-3-4-18-12-19(6-5-17(18)11-16)20-7-8-21(22)13-20/h5-6,12,15-16,20-21H,3-4,7-11,13-14,22H2,1-2H3/t16?,20?,21-/m1/s1. The summed E-state index contributed by atoms with van der Waals surface area (Å²) in [4.78, 5) is 0. The van der Waals surface area contributed by atoms with Gasteiger partial charge in [0.2, 0.25) is 0 Å². The van der Waals surface area contributed by atoms with Crippen LogP contribution < -0.4 is 5.73 Å². The van der Waals surface area contributed by atoms with Gasteiger partial charge in [-0.3, -0.25) is 0 Å². The van der Waals surface area contributed by atoms with Gasteiger partial charge in [0.05, 0.1) is 0 Å². The third kappa shape index (κ3) is 4.58. The minimum Gasteiger partial charge on any atom is -0.381 e. The van der Waals surface area contributed by atoms with Crippen LogP contribution in [0.25, 0.3) is 0 Å². The second-order valence-corrected chi connectivity index (χ2v) is 8.16. The van der Waals surface area contributed by atoms with Crippen molar-refractivity contribution < 1.29 is 4.74 Å². The number of ether oxygens (including phenoxy) is 1. The minimum atomic E-state index is 0.420. The van der Waals surface area contributed by atoms with Gasteiger partial charge in [0.25, 0.3) is 0 Å². The van der Waals surface area contributed by atoms with Gasteiger partial charge in [-0.15, -0.1) is 0 Å². The summed E-state index contributed by atoms with van der Waals surface area (Å²) in [5.41, 5.74) is 10.8. The molecule has 0 spiro atoms. The zero-order valence-electron chi connectivity index (χ0n) is 14.9. The molecule has 0 bridgehead atoms. The van der Waals surface area contributed by atoms with Crippen molar-refractivity contribution in [1.29, 1.82) is 0 Å². The Morgan fingerprint density at radius 3 is 2.78 bits per heavy atom. The van der Waals surface area contributed by atoms with Crippen molar-refractivity contribution >= 4 is 0 Å². The molecule has 0 aromatic heterocycles. The average molecular weight is 316 g/mol. The van der Waals surface area contributed by atoms with E-state index >= 15 is 0 Å². The smallest absolute Gasteiger partial charge is 0.0497 e. The van der Waals surface area contributed by atoms with Crippen molar-refractivity contribution in [3.05, 3.63) is 34.9 Å². The van der Waals surface area contributed by atoms with Crippen LogP contribution in [0.2, 0.25) is 0 Å². The Bertz CT molecular complexity index is 511. The molecule has 2 N–H and O–H groups in total. The summed E-state index contributed by atoms with van der Waals surface area (Å²) in [7, 11) is 0. The van der Waals surface area contributed by atoms with E-state index in [1.54, 1.807) is 11.1 Å². The molecule has 0 heterocycles. The number of aryl methyl sites for hydroxylation is 1. The molecule has 1 saturated carbocycles. The summed E-state index contributed by atoms with van der Waals surface area (Å²) in [6.45, 7) is 6.37. The van der Waals surface area contributed by atoms with Crippen molar-refractivity contribution in [3.63, 3.8) is 0 Å². The second kappa shape index (κ2) is 7.81. The minimum absolute atomic E-state index is 0.420. The molecule has 2 heteroatoms. The fourth-order valence-corrected chi connectivity index (χ4v) is 4.13. The summed E-state index contributed by atoms with van der Waals surface area (Å²) >= 11 is 0. The van der Waals surface area contributed by atoms with E-state index in [1.807, 2.05) is 0 Å². The maximum atomic E-state index is 6.08. The largest absolute Gasteiger partial charge is 0.381 e. The Labute approximate surface area is 141 Å². The molecule has 1 aromatic rings. The van der Waals surface area contributed by atoms with Crippen LogP contribution >= 0.6 is 0 Å². The molecule has 3 rings (SSSR count). The molecule has 0 radical (unpaired) electrons. The molecule has 0 aliphatic heterocycles. The Morgan fingerprint density at radius 2 is 2.04 bits per heavy atom. The van der Waals surface area contributed by atoms with Gasteiger partial charge < -0.3 is 10.5 Å². The first kappa shape index (κ1) is 17.0. The summed E-state index contributed by atoms with van der Waals surface area (Å²) in [6.07, 6.45) is 8.51. The Hall–Kier alpha value is -0.860. The Kier molecular flexibility index (Phi) is 5.76. The second-order valence-electron chi connectivity index (χ2n) is 8.16. The van der Waals surface area contributed by atoms with Crippen LogP contribution in [0, 0.1) is 11.8 Å². The fraction of sp³-hybridized carbons (Fsp3) is 0.714. The zero-order valence-corrected chi connectivity index (χ0v) is 14.9. The van der Waals surface area contributed by atoms with Crippen LogP contribution in [0.1, 0.15) is 68.6 Å². The lowest BCUT2D eigenvalue weighted by molar-refractivity contribution is 0.0865. The number of rotatable bonds is 6. The van der Waals surface area contributed by atoms with Gasteiger partial charge in [0.1, 0.15) is 0 Å². The molecular formula is C21H33NO. The molecule has 2 aliphatic rings. The van der Waals surface area contributed by atoms with Crippen molar-refractivity contribution in [2.45, 2.75) is 70.8 Å². The zero-order chi connectivity index (χ0) is 16.2. The number of hydrogen-bond donors (Lipinski definition) is 1. The third-order valence-electron chi connectivity index (χ3n) is 5.70. The first-order chi connectivity index (χ1) is 11.1. The van der Waals surface area contributed by atoms with Crippen molar-refractivity contribution in [2.75, 3.05) is 13.2 Å². The van der Waals surface area contributed by atoms with E-state index in [4.69, 9.17) is 10.5 Å². The van der Waals surface area contributed by atoms with E-state index in [-0.39, 0.29) is 0 Å². The molecule has 2 unspecified atom stereocenters. The highest BCUT2D eigenvalue weighted by atomic mass is 16.5. The van der Waals surface area contributed by atoms with Crippen molar-refractivity contribution in [2.24, 2.45) is 17.6 Å². The van der Waals surface area contributed by atoms with Crippen LogP contribution in [0.3, 0.4) is 0 Å². The number of nitrogens with two attached hydrogens (primary N) is 1. The highest BCUT2D eigenvalue weighted by Gasteiger charge is 2.25. The van der Waals surface area contributed by atoms with Gasteiger partial charge in [-0.25, -0.2) is 0 Å². The predicted molar refractivity (Wildman–Crippen MR) is 96.8 cm³/mol. The topological polar surface area (TPSA) is 35.2 Å². The fourth-order valence-electron chi connectivity index (χ4n) is 4.13. The SMILES string of the molecule is CC(C)CCOCC1CCc2cc(C3CC[C@@H](N)C3)ccc2C1. The Balaban J connectivity index is 1.53. The summed E-state index contributed by atoms with van der Waals surface area (Å²) in [5.74, 6) is 2.15. The van der Waals surface area contributed by atoms with Crippen LogP contribution in [0.4, 0.5) is 0 Å². The van der Waals surface area contributed by atoms with E-state index in [2.05, 4.69) is 32.0 Å². The van der Waals surface area contributed by atoms with Crippen LogP contribution in [-0.4, -0.2) is 19.3 Å². The predicted octanol–water partition coefficient (Wildman–Crippen LogP) is 4.45. The van der Waals surface area contributed by atoms with Gasteiger partial charge in [0, 0.05) is 19.3 Å². The summed E-state index contributed by atoms with van der Waals surface area (Å²) in [6, 6.07) is 7.65. The molecule has 1 fully saturated rings. The molecule has 2 nitrogen and oxygen atoms in total. The quantitative estimate of drug-likeness (QED) is 0.787. The average Bonchev–Trinajstić information content (AvgIpc) is 2.97. The molecule has 23 heavy (non-hydrogen) atoms. The first-order valence-corrected chi connectivity index (χ1v) is 9.57. The van der Waals surface area contributed by atoms with Gasteiger partial charge in [0.15, 0.2) is 0 Å². The van der Waals surface area contributed by atoms with Crippen molar-refractivity contribution in [1.82, 2.24) is 0 Å².